The molecule has 0 saturated heterocycles. The van der Waals surface area contributed by atoms with Crippen molar-refractivity contribution in [3.63, 3.8) is 0 Å². The molecule has 0 amide bonds. The summed E-state index contributed by atoms with van der Waals surface area (Å²) >= 11 is 0. The van der Waals surface area contributed by atoms with Crippen LogP contribution < -0.4 is 5.46 Å². The number of hydrogen-bond acceptors (Lipinski definition) is 2. The van der Waals surface area contributed by atoms with Gasteiger partial charge in [-0.05, 0) is 6.07 Å². The fourth-order valence-electron chi connectivity index (χ4n) is 0.695. The molecule has 3 nitrogen and oxygen atoms in total. The normalized spacial score (nSPS) is 9.45. The number of carboxylic acids is 1. The van der Waals surface area contributed by atoms with Crippen molar-refractivity contribution in [2.75, 3.05) is 0 Å². The van der Waals surface area contributed by atoms with Crippen molar-refractivity contribution < 1.29 is 9.90 Å². The Morgan fingerprint density at radius 2 is 2.36 bits per heavy atom. The molecular formula is C7H6BNO2. The first-order valence-corrected chi connectivity index (χ1v) is 3.10. The Bertz CT molecular complexity index is 258. The molecule has 0 aliphatic rings. The molecule has 0 aromatic carbocycles. The van der Waals surface area contributed by atoms with Crippen LogP contribution in [0.15, 0.2) is 18.3 Å². The van der Waals surface area contributed by atoms with E-state index in [2.05, 4.69) is 4.98 Å². The van der Waals surface area contributed by atoms with E-state index in [1.165, 1.54) is 6.20 Å². The van der Waals surface area contributed by atoms with Crippen molar-refractivity contribution in [2.45, 2.75) is 6.42 Å². The number of pyridine rings is 1. The molecule has 0 bridgehead atoms. The van der Waals surface area contributed by atoms with Crippen LogP contribution in [0.3, 0.4) is 0 Å². The second-order valence-corrected chi connectivity index (χ2v) is 2.15. The van der Waals surface area contributed by atoms with Gasteiger partial charge in [0.25, 0.3) is 0 Å². The Balaban J connectivity index is 2.74. The van der Waals surface area contributed by atoms with Gasteiger partial charge in [0.05, 0.1) is 12.1 Å². The maximum absolute atomic E-state index is 10.2. The van der Waals surface area contributed by atoms with Crippen LogP contribution in [0.4, 0.5) is 0 Å². The van der Waals surface area contributed by atoms with Crippen LogP contribution in [0.1, 0.15) is 5.69 Å². The molecule has 1 aromatic heterocycles. The lowest BCUT2D eigenvalue weighted by molar-refractivity contribution is -0.136. The lowest BCUT2D eigenvalue weighted by Crippen LogP contribution is -2.07. The van der Waals surface area contributed by atoms with Gasteiger partial charge in [-0.3, -0.25) is 9.78 Å². The van der Waals surface area contributed by atoms with E-state index in [-0.39, 0.29) is 6.42 Å². The van der Waals surface area contributed by atoms with Gasteiger partial charge in [-0.25, -0.2) is 0 Å². The van der Waals surface area contributed by atoms with Crippen LogP contribution in [-0.4, -0.2) is 23.9 Å². The second kappa shape index (κ2) is 3.19. The molecule has 11 heavy (non-hydrogen) atoms. The molecular weight excluding hydrogens is 141 g/mol. The van der Waals surface area contributed by atoms with Crippen molar-refractivity contribution >= 4 is 19.3 Å². The topological polar surface area (TPSA) is 50.2 Å². The van der Waals surface area contributed by atoms with Crippen LogP contribution >= 0.6 is 0 Å². The van der Waals surface area contributed by atoms with Gasteiger partial charge in [-0.15, -0.1) is 0 Å². The van der Waals surface area contributed by atoms with Crippen LogP contribution in [0.2, 0.25) is 0 Å². The number of carbonyl (C=O) groups is 1. The summed E-state index contributed by atoms with van der Waals surface area (Å²) in [6.07, 6.45) is 1.39. The van der Waals surface area contributed by atoms with Gasteiger partial charge in [0, 0.05) is 6.20 Å². The number of carboxylic acid groups (broad SMARTS) is 1. The predicted molar refractivity (Wildman–Crippen MR) is 41.0 cm³/mol. The standard InChI is InChI=1S/C7H6BNO2/c8-5-1-2-6(9-4-5)3-7(10)11/h1-2,4H,3H2,(H,10,11). The summed E-state index contributed by atoms with van der Waals surface area (Å²) < 4.78 is 0. The van der Waals surface area contributed by atoms with E-state index in [0.29, 0.717) is 11.2 Å². The number of rotatable bonds is 2. The third kappa shape index (κ3) is 2.41. The van der Waals surface area contributed by atoms with Gasteiger partial charge >= 0.3 is 5.97 Å². The number of aromatic nitrogens is 1. The average molecular weight is 147 g/mol. The molecule has 0 atom stereocenters. The van der Waals surface area contributed by atoms with E-state index < -0.39 is 5.97 Å². The first-order valence-electron chi connectivity index (χ1n) is 3.10. The minimum absolute atomic E-state index is 0.0553. The van der Waals surface area contributed by atoms with E-state index in [9.17, 15) is 4.79 Å². The molecule has 1 rings (SSSR count). The minimum atomic E-state index is -0.887. The Morgan fingerprint density at radius 1 is 1.64 bits per heavy atom. The first-order chi connectivity index (χ1) is 5.18. The molecule has 0 aliphatic carbocycles. The number of hydrogen-bond donors (Lipinski definition) is 1. The summed E-state index contributed by atoms with van der Waals surface area (Å²) in [5.74, 6) is -0.887. The molecule has 0 aliphatic heterocycles. The van der Waals surface area contributed by atoms with E-state index >= 15 is 0 Å². The Morgan fingerprint density at radius 3 is 2.82 bits per heavy atom. The van der Waals surface area contributed by atoms with Crippen molar-refractivity contribution in [3.8, 4) is 0 Å². The quantitative estimate of drug-likeness (QED) is 0.573. The summed E-state index contributed by atoms with van der Waals surface area (Å²) in [6.45, 7) is 0. The van der Waals surface area contributed by atoms with Crippen molar-refractivity contribution in [1.29, 1.82) is 0 Å². The van der Waals surface area contributed by atoms with Gasteiger partial charge in [0.1, 0.15) is 7.85 Å². The molecule has 54 valence electrons. The summed E-state index contributed by atoms with van der Waals surface area (Å²) in [4.78, 5) is 14.0. The zero-order valence-corrected chi connectivity index (χ0v) is 5.82. The van der Waals surface area contributed by atoms with Crippen LogP contribution in [-0.2, 0) is 11.2 Å². The molecule has 0 spiro atoms. The van der Waals surface area contributed by atoms with Crippen LogP contribution in [0, 0.1) is 0 Å². The summed E-state index contributed by atoms with van der Waals surface area (Å²) in [5, 5.41) is 8.36. The fourth-order valence-corrected chi connectivity index (χ4v) is 0.695. The zero-order chi connectivity index (χ0) is 8.27. The van der Waals surface area contributed by atoms with Crippen molar-refractivity contribution in [2.24, 2.45) is 0 Å². The second-order valence-electron chi connectivity index (χ2n) is 2.15. The summed E-state index contributed by atoms with van der Waals surface area (Å²) in [5.41, 5.74) is 1.06. The van der Waals surface area contributed by atoms with Crippen LogP contribution in [0.25, 0.3) is 0 Å². The monoisotopic (exact) mass is 147 g/mol. The van der Waals surface area contributed by atoms with Gasteiger partial charge < -0.3 is 5.11 Å². The van der Waals surface area contributed by atoms with E-state index in [1.54, 1.807) is 12.1 Å². The highest BCUT2D eigenvalue weighted by Crippen LogP contribution is 1.91. The van der Waals surface area contributed by atoms with E-state index in [0.717, 1.165) is 0 Å². The van der Waals surface area contributed by atoms with Gasteiger partial charge in [-0.2, -0.15) is 0 Å². The number of aliphatic carboxylic acids is 1. The number of nitrogens with zero attached hydrogens (tertiary/aromatic N) is 1. The summed E-state index contributed by atoms with van der Waals surface area (Å²) in [7, 11) is 5.35. The van der Waals surface area contributed by atoms with Gasteiger partial charge in [0.15, 0.2) is 0 Å². The van der Waals surface area contributed by atoms with Gasteiger partial charge in [0.2, 0.25) is 0 Å². The molecule has 0 unspecified atom stereocenters. The zero-order valence-electron chi connectivity index (χ0n) is 5.82. The highest BCUT2D eigenvalue weighted by molar-refractivity contribution is 6.32. The highest BCUT2D eigenvalue weighted by atomic mass is 16.4. The summed E-state index contributed by atoms with van der Waals surface area (Å²) in [6, 6.07) is 3.23. The van der Waals surface area contributed by atoms with Gasteiger partial charge in [-0.1, -0.05) is 11.5 Å². The third-order valence-electron chi connectivity index (χ3n) is 1.18. The van der Waals surface area contributed by atoms with E-state index in [4.69, 9.17) is 13.0 Å². The first kappa shape index (κ1) is 7.79. The lowest BCUT2D eigenvalue weighted by Gasteiger charge is -1.95. The maximum atomic E-state index is 10.2. The lowest BCUT2D eigenvalue weighted by atomic mass is 9.98. The largest absolute Gasteiger partial charge is 0.481 e. The Kier molecular flexibility index (Phi) is 2.26. The molecule has 2 radical (unpaired) electrons. The minimum Gasteiger partial charge on any atom is -0.481 e. The van der Waals surface area contributed by atoms with Crippen molar-refractivity contribution in [3.05, 3.63) is 24.0 Å². The molecule has 0 saturated carbocycles. The third-order valence-corrected chi connectivity index (χ3v) is 1.18. The fraction of sp³-hybridized carbons (Fsp3) is 0.143. The molecule has 0 fully saturated rings. The smallest absolute Gasteiger partial charge is 0.309 e. The average Bonchev–Trinajstić information content (AvgIpc) is 1.93. The molecule has 4 heteroatoms. The highest BCUT2D eigenvalue weighted by Gasteiger charge is 1.99. The SMILES string of the molecule is [B]c1ccc(CC(=O)O)nc1. The Labute approximate surface area is 65.5 Å². The van der Waals surface area contributed by atoms with E-state index in [1.807, 2.05) is 0 Å². The molecule has 1 N–H and O–H groups in total. The van der Waals surface area contributed by atoms with Crippen molar-refractivity contribution in [1.82, 2.24) is 4.98 Å². The molecule has 1 heterocycles. The molecule has 1 aromatic rings. The Hall–Kier alpha value is -1.32. The predicted octanol–water partition coefficient (Wildman–Crippen LogP) is -0.498. The van der Waals surface area contributed by atoms with Crippen LogP contribution in [0.5, 0.6) is 0 Å². The maximum Gasteiger partial charge on any atom is 0.309 e.